The molecule has 0 aliphatic carbocycles. The highest BCUT2D eigenvalue weighted by atomic mass is 35.5. The van der Waals surface area contributed by atoms with E-state index in [-0.39, 0.29) is 5.57 Å². The topological polar surface area (TPSA) is 50.8 Å². The summed E-state index contributed by atoms with van der Waals surface area (Å²) in [6, 6.07) is 22.2. The van der Waals surface area contributed by atoms with E-state index in [1.807, 2.05) is 42.5 Å². The molecule has 0 saturated carbocycles. The van der Waals surface area contributed by atoms with Gasteiger partial charge in [-0.3, -0.25) is 0 Å². The Kier molecular flexibility index (Phi) is 6.90. The smallest absolute Gasteiger partial charge is 0.129 e. The fourth-order valence-corrected chi connectivity index (χ4v) is 3.72. The molecule has 3 nitrogen and oxygen atoms in total. The number of benzene rings is 2. The van der Waals surface area contributed by atoms with Crippen LogP contribution in [0, 0.1) is 28.6 Å². The Morgan fingerprint density at radius 1 is 0.964 bits per heavy atom. The number of nitriles is 2. The van der Waals surface area contributed by atoms with Gasteiger partial charge >= 0.3 is 0 Å². The van der Waals surface area contributed by atoms with Gasteiger partial charge in [0, 0.05) is 23.8 Å². The lowest BCUT2D eigenvalue weighted by molar-refractivity contribution is 0.254. The number of piperidine rings is 1. The van der Waals surface area contributed by atoms with E-state index in [1.165, 1.54) is 5.56 Å². The van der Waals surface area contributed by atoms with E-state index in [0.29, 0.717) is 10.9 Å². The van der Waals surface area contributed by atoms with E-state index in [9.17, 15) is 0 Å². The molecule has 140 valence electrons. The minimum Gasteiger partial charge on any atom is -0.371 e. The number of nitrogens with zero attached hydrogens (tertiary/aromatic N) is 3. The third-order valence-electron chi connectivity index (χ3n) is 5.11. The average molecular weight is 388 g/mol. The highest BCUT2D eigenvalue weighted by Crippen LogP contribution is 2.29. The number of allylic oxidation sites excluding steroid dienone is 3. The SMILES string of the molecule is N#CC(C#N)=C/C=C(/c1ccc(Cl)cc1)N1CCC(Cc2ccccc2)CC1. The zero-order valence-electron chi connectivity index (χ0n) is 15.7. The van der Waals surface area contributed by atoms with Crippen LogP contribution in [0.1, 0.15) is 24.0 Å². The van der Waals surface area contributed by atoms with Crippen molar-refractivity contribution in [3.05, 3.63) is 88.5 Å². The van der Waals surface area contributed by atoms with Gasteiger partial charge in [0.05, 0.1) is 0 Å². The maximum Gasteiger partial charge on any atom is 0.129 e. The third-order valence-corrected chi connectivity index (χ3v) is 5.36. The molecule has 1 aliphatic heterocycles. The Bertz CT molecular complexity index is 907. The van der Waals surface area contributed by atoms with Gasteiger partial charge in [-0.15, -0.1) is 0 Å². The lowest BCUT2D eigenvalue weighted by Gasteiger charge is -2.35. The molecule has 1 aliphatic rings. The summed E-state index contributed by atoms with van der Waals surface area (Å²) in [5, 5.41) is 18.7. The number of hydrogen-bond acceptors (Lipinski definition) is 3. The lowest BCUT2D eigenvalue weighted by atomic mass is 9.89. The van der Waals surface area contributed by atoms with E-state index < -0.39 is 0 Å². The minimum atomic E-state index is 0.102. The van der Waals surface area contributed by atoms with Crippen LogP contribution in [0.4, 0.5) is 0 Å². The zero-order chi connectivity index (χ0) is 19.8. The Labute approximate surface area is 171 Å². The summed E-state index contributed by atoms with van der Waals surface area (Å²) in [7, 11) is 0. The van der Waals surface area contributed by atoms with Crippen LogP contribution >= 0.6 is 11.6 Å². The largest absolute Gasteiger partial charge is 0.371 e. The summed E-state index contributed by atoms with van der Waals surface area (Å²) >= 11 is 6.04. The van der Waals surface area contributed by atoms with Crippen LogP contribution in [0.25, 0.3) is 5.70 Å². The molecule has 3 rings (SSSR count). The summed E-state index contributed by atoms with van der Waals surface area (Å²) in [5.74, 6) is 0.675. The molecule has 0 spiro atoms. The molecular formula is C24H22ClN3. The standard InChI is InChI=1S/C24H22ClN3/c25-23-9-7-22(8-10-23)24(11-6-21(17-26)18-27)28-14-12-20(13-15-28)16-19-4-2-1-3-5-19/h1-11,20H,12-16H2/b24-11-. The van der Waals surface area contributed by atoms with E-state index >= 15 is 0 Å². The van der Waals surface area contributed by atoms with Crippen LogP contribution in [-0.2, 0) is 6.42 Å². The molecule has 0 N–H and O–H groups in total. The molecule has 28 heavy (non-hydrogen) atoms. The van der Waals surface area contributed by atoms with Crippen molar-refractivity contribution >= 4 is 17.3 Å². The summed E-state index contributed by atoms with van der Waals surface area (Å²) in [6.07, 6.45) is 6.82. The van der Waals surface area contributed by atoms with Gasteiger partial charge in [-0.05, 0) is 60.6 Å². The van der Waals surface area contributed by atoms with Crippen molar-refractivity contribution < 1.29 is 0 Å². The van der Waals surface area contributed by atoms with Gasteiger partial charge in [0.1, 0.15) is 17.7 Å². The van der Waals surface area contributed by atoms with Gasteiger partial charge in [0.2, 0.25) is 0 Å². The summed E-state index contributed by atoms with van der Waals surface area (Å²) in [5.41, 5.74) is 3.56. The Hall–Kier alpha value is -3.01. The summed E-state index contributed by atoms with van der Waals surface area (Å²) in [6.45, 7) is 1.91. The van der Waals surface area contributed by atoms with Crippen molar-refractivity contribution in [2.45, 2.75) is 19.3 Å². The first-order chi connectivity index (χ1) is 13.7. The number of likely N-dealkylation sites (tertiary alicyclic amines) is 1. The highest BCUT2D eigenvalue weighted by Gasteiger charge is 2.21. The number of rotatable bonds is 5. The molecule has 1 saturated heterocycles. The zero-order valence-corrected chi connectivity index (χ0v) is 16.4. The Balaban J connectivity index is 1.75. The monoisotopic (exact) mass is 387 g/mol. The van der Waals surface area contributed by atoms with Gasteiger partial charge in [-0.1, -0.05) is 54.1 Å². The van der Waals surface area contributed by atoms with Crippen molar-refractivity contribution in [1.29, 1.82) is 10.5 Å². The number of hydrogen-bond donors (Lipinski definition) is 0. The number of halogens is 1. The Morgan fingerprint density at radius 2 is 1.61 bits per heavy atom. The molecule has 0 bridgehead atoms. The van der Waals surface area contributed by atoms with Crippen LogP contribution in [-0.4, -0.2) is 18.0 Å². The molecule has 0 unspecified atom stereocenters. The molecule has 1 fully saturated rings. The minimum absolute atomic E-state index is 0.102. The van der Waals surface area contributed by atoms with E-state index in [1.54, 1.807) is 6.08 Å². The van der Waals surface area contributed by atoms with Crippen LogP contribution in [0.3, 0.4) is 0 Å². The van der Waals surface area contributed by atoms with Crippen LogP contribution < -0.4 is 0 Å². The van der Waals surface area contributed by atoms with Gasteiger partial charge < -0.3 is 4.90 Å². The van der Waals surface area contributed by atoms with Crippen LogP contribution in [0.2, 0.25) is 5.02 Å². The quantitative estimate of drug-likeness (QED) is 0.495. The second-order valence-corrected chi connectivity index (χ2v) is 7.42. The van der Waals surface area contributed by atoms with Gasteiger partial charge in [-0.25, -0.2) is 0 Å². The predicted octanol–water partition coefficient (Wildman–Crippen LogP) is 5.61. The fraction of sp³-hybridized carbons (Fsp3) is 0.250. The summed E-state index contributed by atoms with van der Waals surface area (Å²) < 4.78 is 0. The maximum absolute atomic E-state index is 9.03. The Morgan fingerprint density at radius 3 is 2.21 bits per heavy atom. The predicted molar refractivity (Wildman–Crippen MR) is 113 cm³/mol. The molecule has 0 atom stereocenters. The molecule has 1 heterocycles. The van der Waals surface area contributed by atoms with Crippen molar-refractivity contribution in [3.8, 4) is 12.1 Å². The summed E-state index contributed by atoms with van der Waals surface area (Å²) in [4.78, 5) is 2.34. The molecule has 2 aromatic carbocycles. The highest BCUT2D eigenvalue weighted by molar-refractivity contribution is 6.30. The molecule has 2 aromatic rings. The van der Waals surface area contributed by atoms with E-state index in [4.69, 9.17) is 22.1 Å². The van der Waals surface area contributed by atoms with Crippen molar-refractivity contribution in [2.24, 2.45) is 5.92 Å². The molecule has 0 amide bonds. The first-order valence-corrected chi connectivity index (χ1v) is 9.84. The molecule has 4 heteroatoms. The lowest BCUT2D eigenvalue weighted by Crippen LogP contribution is -2.33. The maximum atomic E-state index is 9.03. The average Bonchev–Trinajstić information content (AvgIpc) is 2.74. The molecule has 0 aromatic heterocycles. The van der Waals surface area contributed by atoms with Crippen molar-refractivity contribution in [1.82, 2.24) is 4.90 Å². The second-order valence-electron chi connectivity index (χ2n) is 6.98. The van der Waals surface area contributed by atoms with Gasteiger partial charge in [0.15, 0.2) is 0 Å². The van der Waals surface area contributed by atoms with Crippen molar-refractivity contribution in [3.63, 3.8) is 0 Å². The van der Waals surface area contributed by atoms with Gasteiger partial charge in [0.25, 0.3) is 0 Å². The first kappa shape index (κ1) is 19.7. The van der Waals surface area contributed by atoms with E-state index in [0.717, 1.165) is 43.6 Å². The normalized spacial score (nSPS) is 14.8. The van der Waals surface area contributed by atoms with Gasteiger partial charge in [-0.2, -0.15) is 10.5 Å². The first-order valence-electron chi connectivity index (χ1n) is 9.46. The van der Waals surface area contributed by atoms with Crippen LogP contribution in [0.5, 0.6) is 0 Å². The molecule has 0 radical (unpaired) electrons. The fourth-order valence-electron chi connectivity index (χ4n) is 3.59. The second kappa shape index (κ2) is 9.79. The van der Waals surface area contributed by atoms with E-state index in [2.05, 4.69) is 35.2 Å². The van der Waals surface area contributed by atoms with Crippen molar-refractivity contribution in [2.75, 3.05) is 13.1 Å². The molecular weight excluding hydrogens is 366 g/mol. The van der Waals surface area contributed by atoms with Crippen LogP contribution in [0.15, 0.2) is 72.3 Å². The third kappa shape index (κ3) is 5.26.